The number of sulfonamides is 1. The molecule has 0 radical (unpaired) electrons. The van der Waals surface area contributed by atoms with E-state index >= 15 is 0 Å². The zero-order valence-electron chi connectivity index (χ0n) is 13.3. The molecule has 0 bridgehead atoms. The van der Waals surface area contributed by atoms with Crippen LogP contribution in [0.3, 0.4) is 0 Å². The zero-order valence-corrected chi connectivity index (χ0v) is 14.9. The third-order valence-electron chi connectivity index (χ3n) is 3.01. The highest BCUT2D eigenvalue weighted by molar-refractivity contribution is 7.89. The van der Waals surface area contributed by atoms with Gasteiger partial charge in [-0.3, -0.25) is 4.79 Å². The predicted octanol–water partition coefficient (Wildman–Crippen LogP) is 1.55. The van der Waals surface area contributed by atoms with Crippen LogP contribution in [0.2, 0.25) is 5.02 Å². The summed E-state index contributed by atoms with van der Waals surface area (Å²) in [5.74, 6) is -1.02. The van der Waals surface area contributed by atoms with Gasteiger partial charge in [0.05, 0.1) is 9.92 Å². The smallest absolute Gasteiger partial charge is 0.344 e. The molecule has 2 aromatic carbocycles. The van der Waals surface area contributed by atoms with Crippen LogP contribution in [0, 0.1) is 0 Å². The first-order valence-electron chi connectivity index (χ1n) is 7.21. The SMILES string of the molecule is NS(=O)(=O)c1ccc(NC(=O)COC(=O)COc2ccccc2Cl)cc1. The molecule has 0 atom stereocenters. The van der Waals surface area contributed by atoms with Gasteiger partial charge in [0.1, 0.15) is 5.75 Å². The number of esters is 1. The van der Waals surface area contributed by atoms with E-state index in [4.69, 9.17) is 26.2 Å². The molecule has 0 spiro atoms. The highest BCUT2D eigenvalue weighted by atomic mass is 35.5. The maximum atomic E-state index is 11.7. The Morgan fingerprint density at radius 2 is 1.69 bits per heavy atom. The molecule has 8 nitrogen and oxygen atoms in total. The van der Waals surface area contributed by atoms with Crippen LogP contribution >= 0.6 is 11.6 Å². The summed E-state index contributed by atoms with van der Waals surface area (Å²) >= 11 is 5.88. The van der Waals surface area contributed by atoms with Crippen molar-refractivity contribution >= 4 is 39.2 Å². The van der Waals surface area contributed by atoms with E-state index in [1.54, 1.807) is 24.3 Å². The number of hydrogen-bond donors (Lipinski definition) is 2. The second-order valence-corrected chi connectivity index (χ2v) is 6.97. The normalized spacial score (nSPS) is 10.8. The third kappa shape index (κ3) is 6.03. The molecule has 0 aromatic heterocycles. The Labute approximate surface area is 154 Å². The number of nitrogens with one attached hydrogen (secondary N) is 1. The lowest BCUT2D eigenvalue weighted by Crippen LogP contribution is -2.23. The average Bonchev–Trinajstić information content (AvgIpc) is 2.59. The second-order valence-electron chi connectivity index (χ2n) is 5.00. The number of nitrogens with two attached hydrogens (primary N) is 1. The number of amides is 1. The summed E-state index contributed by atoms with van der Waals surface area (Å²) in [5, 5.41) is 7.77. The van der Waals surface area contributed by atoms with Gasteiger partial charge >= 0.3 is 5.97 Å². The van der Waals surface area contributed by atoms with E-state index in [1.165, 1.54) is 24.3 Å². The molecule has 26 heavy (non-hydrogen) atoms. The molecule has 0 saturated heterocycles. The number of carbonyl (C=O) groups excluding carboxylic acids is 2. The van der Waals surface area contributed by atoms with Gasteiger partial charge in [-0.15, -0.1) is 0 Å². The molecule has 2 rings (SSSR count). The van der Waals surface area contributed by atoms with Crippen LogP contribution in [0.4, 0.5) is 5.69 Å². The first-order chi connectivity index (χ1) is 12.3. The van der Waals surface area contributed by atoms with E-state index in [-0.39, 0.29) is 4.90 Å². The molecule has 138 valence electrons. The van der Waals surface area contributed by atoms with Crippen molar-refractivity contribution in [3.05, 3.63) is 53.6 Å². The molecule has 0 unspecified atom stereocenters. The molecule has 1 amide bonds. The fourth-order valence-electron chi connectivity index (χ4n) is 1.81. The molecular weight excluding hydrogens is 384 g/mol. The van der Waals surface area contributed by atoms with Crippen LogP contribution < -0.4 is 15.2 Å². The van der Waals surface area contributed by atoms with Gasteiger partial charge in [-0.05, 0) is 36.4 Å². The first-order valence-corrected chi connectivity index (χ1v) is 9.14. The van der Waals surface area contributed by atoms with Crippen molar-refractivity contribution in [3.8, 4) is 5.75 Å². The van der Waals surface area contributed by atoms with Gasteiger partial charge in [-0.2, -0.15) is 0 Å². The first kappa shape index (κ1) is 19.7. The fourth-order valence-corrected chi connectivity index (χ4v) is 2.52. The molecular formula is C16H15ClN2O6S. The summed E-state index contributed by atoms with van der Waals surface area (Å²) in [7, 11) is -3.81. The third-order valence-corrected chi connectivity index (χ3v) is 4.25. The van der Waals surface area contributed by atoms with E-state index in [9.17, 15) is 18.0 Å². The van der Waals surface area contributed by atoms with Crippen LogP contribution in [0.15, 0.2) is 53.4 Å². The van der Waals surface area contributed by atoms with Gasteiger partial charge in [-0.25, -0.2) is 18.4 Å². The summed E-state index contributed by atoms with van der Waals surface area (Å²) < 4.78 is 32.3. The number of rotatable bonds is 7. The Morgan fingerprint density at radius 1 is 1.04 bits per heavy atom. The van der Waals surface area contributed by atoms with Gasteiger partial charge in [0.25, 0.3) is 5.91 Å². The lowest BCUT2D eigenvalue weighted by atomic mass is 10.3. The van der Waals surface area contributed by atoms with Crippen LogP contribution in [0.25, 0.3) is 0 Å². The second kappa shape index (κ2) is 8.65. The van der Waals surface area contributed by atoms with Crippen molar-refractivity contribution in [2.75, 3.05) is 18.5 Å². The maximum Gasteiger partial charge on any atom is 0.344 e. The molecule has 0 fully saturated rings. The lowest BCUT2D eigenvalue weighted by Gasteiger charge is -2.09. The van der Waals surface area contributed by atoms with Crippen molar-refractivity contribution in [2.24, 2.45) is 5.14 Å². The van der Waals surface area contributed by atoms with Crippen LogP contribution in [0.5, 0.6) is 5.75 Å². The molecule has 0 aliphatic carbocycles. The number of hydrogen-bond acceptors (Lipinski definition) is 6. The fraction of sp³-hybridized carbons (Fsp3) is 0.125. The molecule has 3 N–H and O–H groups in total. The van der Waals surface area contributed by atoms with Gasteiger partial charge in [0, 0.05) is 5.69 Å². The van der Waals surface area contributed by atoms with E-state index < -0.39 is 35.1 Å². The zero-order chi connectivity index (χ0) is 19.2. The summed E-state index contributed by atoms with van der Waals surface area (Å²) in [5.41, 5.74) is 0.325. The van der Waals surface area contributed by atoms with Crippen molar-refractivity contribution in [1.29, 1.82) is 0 Å². The maximum absolute atomic E-state index is 11.7. The van der Waals surface area contributed by atoms with Crippen LogP contribution in [0.1, 0.15) is 0 Å². The van der Waals surface area contributed by atoms with E-state index in [0.29, 0.717) is 16.5 Å². The van der Waals surface area contributed by atoms with Gasteiger partial charge in [0.15, 0.2) is 13.2 Å². The van der Waals surface area contributed by atoms with Crippen molar-refractivity contribution < 1.29 is 27.5 Å². The monoisotopic (exact) mass is 398 g/mol. The highest BCUT2D eigenvalue weighted by Gasteiger charge is 2.11. The molecule has 10 heteroatoms. The lowest BCUT2D eigenvalue weighted by molar-refractivity contribution is -0.149. The minimum Gasteiger partial charge on any atom is -0.480 e. The Kier molecular flexibility index (Phi) is 6.56. The number of para-hydroxylation sites is 1. The number of carbonyl (C=O) groups is 2. The Morgan fingerprint density at radius 3 is 2.31 bits per heavy atom. The Hall–Kier alpha value is -2.62. The largest absolute Gasteiger partial charge is 0.480 e. The quantitative estimate of drug-likeness (QED) is 0.681. The topological polar surface area (TPSA) is 125 Å². The highest BCUT2D eigenvalue weighted by Crippen LogP contribution is 2.22. The molecule has 0 aliphatic rings. The summed E-state index contributed by atoms with van der Waals surface area (Å²) in [6.45, 7) is -0.929. The van der Waals surface area contributed by atoms with Crippen molar-refractivity contribution in [3.63, 3.8) is 0 Å². The minimum atomic E-state index is -3.81. The summed E-state index contributed by atoms with van der Waals surface area (Å²) in [6.07, 6.45) is 0. The van der Waals surface area contributed by atoms with Gasteiger partial charge in [0.2, 0.25) is 10.0 Å². The number of benzene rings is 2. The Bertz CT molecular complexity index is 899. The van der Waals surface area contributed by atoms with E-state index in [1.807, 2.05) is 0 Å². The van der Waals surface area contributed by atoms with Crippen LogP contribution in [-0.2, 0) is 24.3 Å². The van der Waals surface area contributed by atoms with E-state index in [0.717, 1.165) is 0 Å². The Balaban J connectivity index is 1.77. The predicted molar refractivity (Wildman–Crippen MR) is 94.4 cm³/mol. The van der Waals surface area contributed by atoms with Crippen molar-refractivity contribution in [2.45, 2.75) is 4.90 Å². The number of primary sulfonamides is 1. The molecule has 0 aliphatic heterocycles. The number of halogens is 1. The molecule has 2 aromatic rings. The van der Waals surface area contributed by atoms with Gasteiger partial charge in [-0.1, -0.05) is 23.7 Å². The van der Waals surface area contributed by atoms with E-state index in [2.05, 4.69) is 5.32 Å². The summed E-state index contributed by atoms with van der Waals surface area (Å²) in [4.78, 5) is 23.2. The average molecular weight is 399 g/mol. The molecule has 0 saturated carbocycles. The van der Waals surface area contributed by atoms with Crippen molar-refractivity contribution in [1.82, 2.24) is 0 Å². The van der Waals surface area contributed by atoms with Crippen LogP contribution in [-0.4, -0.2) is 33.5 Å². The number of anilines is 1. The summed E-state index contributed by atoms with van der Waals surface area (Å²) in [6, 6.07) is 11.8. The standard InChI is InChI=1S/C16H15ClN2O6S/c17-13-3-1-2-4-14(13)24-10-16(21)25-9-15(20)19-11-5-7-12(8-6-11)26(18,22)23/h1-8H,9-10H2,(H,19,20)(H2,18,22,23). The number of ether oxygens (including phenoxy) is 2. The van der Waals surface area contributed by atoms with Gasteiger partial charge < -0.3 is 14.8 Å². The molecule has 0 heterocycles. The minimum absolute atomic E-state index is 0.0846.